The molecule has 0 unspecified atom stereocenters. The molecule has 0 amide bonds. The Morgan fingerprint density at radius 2 is 1.84 bits per heavy atom. The Balaban J connectivity index is 1.80. The van der Waals surface area contributed by atoms with Crippen molar-refractivity contribution >= 4 is 11.6 Å². The first-order valence-electron chi connectivity index (χ1n) is 7.59. The lowest BCUT2D eigenvalue weighted by Crippen LogP contribution is -2.03. The highest BCUT2D eigenvalue weighted by Crippen LogP contribution is 2.32. The van der Waals surface area contributed by atoms with E-state index in [0.29, 0.717) is 34.0 Å². The molecule has 0 bridgehead atoms. The van der Waals surface area contributed by atoms with Crippen molar-refractivity contribution in [1.29, 1.82) is 0 Å². The molecule has 0 saturated carbocycles. The van der Waals surface area contributed by atoms with Crippen molar-refractivity contribution in [3.8, 4) is 28.6 Å². The number of halogens is 1. The normalized spacial score (nSPS) is 11.8. The van der Waals surface area contributed by atoms with Crippen molar-refractivity contribution < 1.29 is 18.7 Å². The van der Waals surface area contributed by atoms with Crippen LogP contribution in [0.5, 0.6) is 17.2 Å². The number of methoxy groups -OCH3 is 2. The molecule has 2 aromatic carbocycles. The van der Waals surface area contributed by atoms with E-state index in [2.05, 4.69) is 10.1 Å². The average Bonchev–Trinajstić information content (AvgIpc) is 3.11. The molecule has 25 heavy (non-hydrogen) atoms. The molecule has 130 valence electrons. The van der Waals surface area contributed by atoms with Crippen molar-refractivity contribution in [1.82, 2.24) is 10.1 Å². The summed E-state index contributed by atoms with van der Waals surface area (Å²) >= 11 is 5.96. The van der Waals surface area contributed by atoms with Crippen molar-refractivity contribution in [2.24, 2.45) is 0 Å². The minimum absolute atomic E-state index is 0.366. The van der Waals surface area contributed by atoms with Gasteiger partial charge in [0.15, 0.2) is 17.6 Å². The van der Waals surface area contributed by atoms with Crippen LogP contribution in [0.25, 0.3) is 11.4 Å². The van der Waals surface area contributed by atoms with Crippen LogP contribution in [0.4, 0.5) is 0 Å². The van der Waals surface area contributed by atoms with Gasteiger partial charge in [0.25, 0.3) is 5.89 Å². The molecule has 1 aromatic heterocycles. The van der Waals surface area contributed by atoms with Crippen LogP contribution in [-0.4, -0.2) is 24.4 Å². The molecule has 0 saturated heterocycles. The molecule has 0 N–H and O–H groups in total. The predicted molar refractivity (Wildman–Crippen MR) is 93.3 cm³/mol. The molecule has 0 radical (unpaired) electrons. The molecule has 1 atom stereocenters. The number of aromatic nitrogens is 2. The van der Waals surface area contributed by atoms with Crippen LogP contribution < -0.4 is 14.2 Å². The molecule has 0 aliphatic carbocycles. The lowest BCUT2D eigenvalue weighted by atomic mass is 10.2. The lowest BCUT2D eigenvalue weighted by Gasteiger charge is -2.10. The Morgan fingerprint density at radius 3 is 2.56 bits per heavy atom. The third-order valence-corrected chi connectivity index (χ3v) is 3.78. The Labute approximate surface area is 150 Å². The topological polar surface area (TPSA) is 66.6 Å². The minimum atomic E-state index is -0.417. The summed E-state index contributed by atoms with van der Waals surface area (Å²) in [6.45, 7) is 1.83. The second-order valence-electron chi connectivity index (χ2n) is 5.24. The van der Waals surface area contributed by atoms with Gasteiger partial charge in [-0.2, -0.15) is 4.98 Å². The molecule has 0 aliphatic rings. The molecule has 3 rings (SSSR count). The summed E-state index contributed by atoms with van der Waals surface area (Å²) < 4.78 is 21.6. The highest BCUT2D eigenvalue weighted by Gasteiger charge is 2.18. The summed E-state index contributed by atoms with van der Waals surface area (Å²) in [5.74, 6) is 2.66. The van der Waals surface area contributed by atoms with Crippen molar-refractivity contribution in [3.05, 3.63) is 53.4 Å². The Kier molecular flexibility index (Phi) is 5.09. The summed E-state index contributed by atoms with van der Waals surface area (Å²) in [7, 11) is 3.16. The molecule has 6 nitrogen and oxygen atoms in total. The van der Waals surface area contributed by atoms with E-state index >= 15 is 0 Å². The van der Waals surface area contributed by atoms with Gasteiger partial charge < -0.3 is 18.7 Å². The van der Waals surface area contributed by atoms with Crippen molar-refractivity contribution in [3.63, 3.8) is 0 Å². The van der Waals surface area contributed by atoms with Gasteiger partial charge >= 0.3 is 0 Å². The van der Waals surface area contributed by atoms with Gasteiger partial charge in [0, 0.05) is 10.6 Å². The first-order valence-corrected chi connectivity index (χ1v) is 7.96. The summed E-state index contributed by atoms with van der Waals surface area (Å²) in [6, 6.07) is 12.5. The maximum absolute atomic E-state index is 5.96. The van der Waals surface area contributed by atoms with E-state index in [9.17, 15) is 0 Å². The molecule has 0 fully saturated rings. The van der Waals surface area contributed by atoms with Crippen LogP contribution in [0.2, 0.25) is 5.02 Å². The minimum Gasteiger partial charge on any atom is -0.493 e. The fraction of sp³-hybridized carbons (Fsp3) is 0.222. The van der Waals surface area contributed by atoms with Crippen molar-refractivity contribution in [2.45, 2.75) is 13.0 Å². The van der Waals surface area contributed by atoms with Crippen LogP contribution >= 0.6 is 11.6 Å². The highest BCUT2D eigenvalue weighted by atomic mass is 35.5. The number of rotatable bonds is 6. The number of benzene rings is 2. The predicted octanol–water partition coefficient (Wildman–Crippen LogP) is 4.55. The molecule has 0 spiro atoms. The van der Waals surface area contributed by atoms with Crippen LogP contribution in [0, 0.1) is 0 Å². The van der Waals surface area contributed by atoms with E-state index in [0.717, 1.165) is 5.56 Å². The molecule has 0 aliphatic heterocycles. The van der Waals surface area contributed by atoms with E-state index in [4.69, 9.17) is 30.3 Å². The second kappa shape index (κ2) is 7.44. The Morgan fingerprint density at radius 1 is 1.04 bits per heavy atom. The monoisotopic (exact) mass is 360 g/mol. The standard InChI is InChI=1S/C18H17ClN2O4/c1-11(24-14-6-4-5-13(19)10-14)18-20-17(21-25-18)12-7-8-15(22-2)16(9-12)23-3/h4-11H,1-3H3/t11-/m0/s1. The van der Waals surface area contributed by atoms with Gasteiger partial charge in [-0.3, -0.25) is 0 Å². The first-order chi connectivity index (χ1) is 12.1. The van der Waals surface area contributed by atoms with Gasteiger partial charge in [0.05, 0.1) is 14.2 Å². The highest BCUT2D eigenvalue weighted by molar-refractivity contribution is 6.30. The quantitative estimate of drug-likeness (QED) is 0.642. The summed E-state index contributed by atoms with van der Waals surface area (Å²) in [5, 5.41) is 4.61. The molecular formula is C18H17ClN2O4. The van der Waals surface area contributed by atoms with Crippen LogP contribution in [0.1, 0.15) is 18.9 Å². The second-order valence-corrected chi connectivity index (χ2v) is 5.68. The third-order valence-electron chi connectivity index (χ3n) is 3.54. The molecule has 3 aromatic rings. The van der Waals surface area contributed by atoms with Gasteiger partial charge in [-0.25, -0.2) is 0 Å². The number of ether oxygens (including phenoxy) is 3. The zero-order chi connectivity index (χ0) is 17.8. The SMILES string of the molecule is COc1ccc(-c2noc([C@H](C)Oc3cccc(Cl)c3)n2)cc1OC. The third kappa shape index (κ3) is 3.85. The molecular weight excluding hydrogens is 344 g/mol. The van der Waals surface area contributed by atoms with E-state index < -0.39 is 6.10 Å². The molecule has 1 heterocycles. The Bertz CT molecular complexity index is 866. The average molecular weight is 361 g/mol. The number of nitrogens with zero attached hydrogens (tertiary/aromatic N) is 2. The van der Waals surface area contributed by atoms with Crippen LogP contribution in [0.15, 0.2) is 47.0 Å². The fourth-order valence-electron chi connectivity index (χ4n) is 2.29. The van der Waals surface area contributed by atoms with Gasteiger partial charge in [0.2, 0.25) is 5.82 Å². The largest absolute Gasteiger partial charge is 0.493 e. The number of hydrogen-bond acceptors (Lipinski definition) is 6. The van der Waals surface area contributed by atoms with Gasteiger partial charge in [-0.1, -0.05) is 22.8 Å². The zero-order valence-corrected chi connectivity index (χ0v) is 14.8. The summed E-state index contributed by atoms with van der Waals surface area (Å²) in [6.07, 6.45) is -0.417. The van der Waals surface area contributed by atoms with Gasteiger partial charge in [-0.05, 0) is 43.3 Å². The number of hydrogen-bond donors (Lipinski definition) is 0. The van der Waals surface area contributed by atoms with E-state index in [1.54, 1.807) is 38.5 Å². The molecule has 7 heteroatoms. The fourth-order valence-corrected chi connectivity index (χ4v) is 2.47. The lowest BCUT2D eigenvalue weighted by molar-refractivity contribution is 0.176. The van der Waals surface area contributed by atoms with E-state index in [1.165, 1.54) is 0 Å². The van der Waals surface area contributed by atoms with Crippen LogP contribution in [0.3, 0.4) is 0 Å². The maximum atomic E-state index is 5.96. The van der Waals surface area contributed by atoms with Crippen molar-refractivity contribution in [2.75, 3.05) is 14.2 Å². The smallest absolute Gasteiger partial charge is 0.267 e. The van der Waals surface area contributed by atoms with Gasteiger partial charge in [-0.15, -0.1) is 0 Å². The van der Waals surface area contributed by atoms with Gasteiger partial charge in [0.1, 0.15) is 5.75 Å². The zero-order valence-electron chi connectivity index (χ0n) is 14.0. The maximum Gasteiger partial charge on any atom is 0.267 e. The first kappa shape index (κ1) is 17.1. The summed E-state index contributed by atoms with van der Waals surface area (Å²) in [5.41, 5.74) is 0.752. The summed E-state index contributed by atoms with van der Waals surface area (Å²) in [4.78, 5) is 4.40. The van der Waals surface area contributed by atoms with Crippen LogP contribution in [-0.2, 0) is 0 Å². The van der Waals surface area contributed by atoms with E-state index in [-0.39, 0.29) is 0 Å². The Hall–Kier alpha value is -2.73. The van der Waals surface area contributed by atoms with E-state index in [1.807, 2.05) is 25.1 Å².